The highest BCUT2D eigenvalue weighted by Gasteiger charge is 2.25. The van der Waals surface area contributed by atoms with Gasteiger partial charge in [-0.2, -0.15) is 0 Å². The van der Waals surface area contributed by atoms with Crippen molar-refractivity contribution in [3.63, 3.8) is 0 Å². The zero-order valence-electron chi connectivity index (χ0n) is 12.6. The molecule has 3 rings (SSSR count). The van der Waals surface area contributed by atoms with E-state index in [2.05, 4.69) is 9.88 Å². The van der Waals surface area contributed by atoms with Crippen LogP contribution in [0.4, 0.5) is 4.39 Å². The molecule has 1 aliphatic heterocycles. The number of carboxylic acids is 1. The highest BCUT2D eigenvalue weighted by molar-refractivity contribution is 5.76. The predicted octanol–water partition coefficient (Wildman–Crippen LogP) is 2.49. The van der Waals surface area contributed by atoms with Gasteiger partial charge in [0.1, 0.15) is 11.3 Å². The van der Waals surface area contributed by atoms with Gasteiger partial charge >= 0.3 is 5.97 Å². The summed E-state index contributed by atoms with van der Waals surface area (Å²) in [5.74, 6) is -0.395. The van der Waals surface area contributed by atoms with E-state index in [9.17, 15) is 9.18 Å². The van der Waals surface area contributed by atoms with Crippen LogP contribution in [-0.2, 0) is 17.9 Å². The number of nitrogens with zero attached hydrogens (tertiary/aromatic N) is 3. The van der Waals surface area contributed by atoms with Crippen LogP contribution in [0.25, 0.3) is 11.0 Å². The van der Waals surface area contributed by atoms with Crippen molar-refractivity contribution in [1.29, 1.82) is 0 Å². The minimum atomic E-state index is -0.706. The number of aryl methyl sites for hydroxylation is 1. The summed E-state index contributed by atoms with van der Waals surface area (Å²) >= 11 is 0. The predicted molar refractivity (Wildman–Crippen MR) is 81.0 cm³/mol. The molecule has 1 aliphatic rings. The van der Waals surface area contributed by atoms with E-state index in [0.717, 1.165) is 31.0 Å². The Kier molecular flexibility index (Phi) is 4.11. The van der Waals surface area contributed by atoms with Gasteiger partial charge in [0.05, 0.1) is 18.0 Å². The number of halogens is 1. The van der Waals surface area contributed by atoms with Gasteiger partial charge in [-0.1, -0.05) is 6.07 Å². The Hall–Kier alpha value is -1.95. The highest BCUT2D eigenvalue weighted by Crippen LogP contribution is 2.23. The monoisotopic (exact) mass is 305 g/mol. The van der Waals surface area contributed by atoms with Crippen molar-refractivity contribution in [2.24, 2.45) is 5.92 Å². The average molecular weight is 305 g/mol. The van der Waals surface area contributed by atoms with Crippen molar-refractivity contribution in [3.05, 3.63) is 29.8 Å². The summed E-state index contributed by atoms with van der Waals surface area (Å²) in [6.07, 6.45) is 1.33. The van der Waals surface area contributed by atoms with Crippen LogP contribution >= 0.6 is 0 Å². The lowest BCUT2D eigenvalue weighted by molar-refractivity contribution is -0.143. The van der Waals surface area contributed by atoms with E-state index < -0.39 is 5.97 Å². The molecule has 0 unspecified atom stereocenters. The first-order valence-electron chi connectivity index (χ1n) is 7.69. The number of rotatable bonds is 4. The van der Waals surface area contributed by atoms with Gasteiger partial charge in [0.2, 0.25) is 0 Å². The topological polar surface area (TPSA) is 58.4 Å². The lowest BCUT2D eigenvalue weighted by atomic mass is 9.97. The second kappa shape index (κ2) is 6.04. The fraction of sp³-hybridized carbons (Fsp3) is 0.500. The van der Waals surface area contributed by atoms with Gasteiger partial charge in [-0.15, -0.1) is 0 Å². The molecule has 22 heavy (non-hydrogen) atoms. The highest BCUT2D eigenvalue weighted by atomic mass is 19.1. The number of para-hydroxylation sites is 1. The van der Waals surface area contributed by atoms with Crippen LogP contribution in [0.3, 0.4) is 0 Å². The number of piperidine rings is 1. The molecule has 6 heteroatoms. The summed E-state index contributed by atoms with van der Waals surface area (Å²) in [5, 5.41) is 9.05. The molecule has 1 fully saturated rings. The number of hydrogen-bond acceptors (Lipinski definition) is 3. The van der Waals surface area contributed by atoms with E-state index in [4.69, 9.17) is 5.11 Å². The number of imidazole rings is 1. The Bertz CT molecular complexity index is 690. The smallest absolute Gasteiger partial charge is 0.306 e. The summed E-state index contributed by atoms with van der Waals surface area (Å²) in [6, 6.07) is 5.01. The first-order valence-corrected chi connectivity index (χ1v) is 7.69. The van der Waals surface area contributed by atoms with Crippen molar-refractivity contribution >= 4 is 17.0 Å². The van der Waals surface area contributed by atoms with Gasteiger partial charge in [-0.3, -0.25) is 9.69 Å². The van der Waals surface area contributed by atoms with E-state index in [1.807, 2.05) is 17.6 Å². The summed E-state index contributed by atoms with van der Waals surface area (Å²) in [7, 11) is 0. The zero-order chi connectivity index (χ0) is 15.7. The van der Waals surface area contributed by atoms with Crippen LogP contribution in [0.15, 0.2) is 18.2 Å². The van der Waals surface area contributed by atoms with Gasteiger partial charge in [0, 0.05) is 6.54 Å². The molecule has 0 radical (unpaired) electrons. The van der Waals surface area contributed by atoms with Gasteiger partial charge in [0.15, 0.2) is 5.82 Å². The van der Waals surface area contributed by atoms with Crippen LogP contribution in [0.2, 0.25) is 0 Å². The van der Waals surface area contributed by atoms with Gasteiger partial charge < -0.3 is 9.67 Å². The maximum atomic E-state index is 13.9. The number of aromatic nitrogens is 2. The Morgan fingerprint density at radius 2 is 2.14 bits per heavy atom. The number of carboxylic acid groups (broad SMARTS) is 1. The molecule has 0 bridgehead atoms. The van der Waals surface area contributed by atoms with Crippen molar-refractivity contribution < 1.29 is 14.3 Å². The lowest BCUT2D eigenvalue weighted by Gasteiger charge is -2.29. The maximum absolute atomic E-state index is 13.9. The van der Waals surface area contributed by atoms with Crippen LogP contribution in [0.5, 0.6) is 0 Å². The first-order chi connectivity index (χ1) is 10.6. The fourth-order valence-electron chi connectivity index (χ4n) is 3.17. The summed E-state index contributed by atoms with van der Waals surface area (Å²) in [6.45, 7) is 4.88. The molecule has 0 saturated carbocycles. The molecular weight excluding hydrogens is 285 g/mol. The zero-order valence-corrected chi connectivity index (χ0v) is 12.6. The summed E-state index contributed by atoms with van der Waals surface area (Å²) < 4.78 is 15.9. The number of fused-ring (bicyclic) bond motifs is 1. The molecule has 2 heterocycles. The van der Waals surface area contributed by atoms with Gasteiger partial charge in [-0.05, 0) is 45.0 Å². The second-order valence-electron chi connectivity index (χ2n) is 5.77. The molecule has 0 amide bonds. The molecule has 1 aromatic carbocycles. The average Bonchev–Trinajstić information content (AvgIpc) is 2.86. The second-order valence-corrected chi connectivity index (χ2v) is 5.77. The van der Waals surface area contributed by atoms with E-state index >= 15 is 0 Å². The third kappa shape index (κ3) is 2.70. The fourth-order valence-corrected chi connectivity index (χ4v) is 3.17. The molecule has 1 aromatic heterocycles. The van der Waals surface area contributed by atoms with Crippen molar-refractivity contribution in [2.75, 3.05) is 13.1 Å². The summed E-state index contributed by atoms with van der Waals surface area (Å²) in [4.78, 5) is 17.7. The Morgan fingerprint density at radius 3 is 2.77 bits per heavy atom. The van der Waals surface area contributed by atoms with Crippen LogP contribution < -0.4 is 0 Å². The summed E-state index contributed by atoms with van der Waals surface area (Å²) in [5.41, 5.74) is 1.23. The molecule has 0 aliphatic carbocycles. The Balaban J connectivity index is 1.80. The van der Waals surface area contributed by atoms with E-state index in [-0.39, 0.29) is 11.7 Å². The molecule has 5 nitrogen and oxygen atoms in total. The molecule has 0 spiro atoms. The third-order valence-corrected chi connectivity index (χ3v) is 4.43. The number of carbonyl (C=O) groups is 1. The largest absolute Gasteiger partial charge is 0.481 e. The van der Waals surface area contributed by atoms with E-state index in [1.165, 1.54) is 6.07 Å². The molecule has 1 saturated heterocycles. The molecule has 0 atom stereocenters. The van der Waals surface area contributed by atoms with Crippen LogP contribution in [-0.4, -0.2) is 38.6 Å². The van der Waals surface area contributed by atoms with E-state index in [0.29, 0.717) is 24.9 Å². The maximum Gasteiger partial charge on any atom is 0.306 e. The number of aliphatic carboxylic acids is 1. The standard InChI is InChI=1S/C16H20FN3O2/c1-2-20-13-5-3-4-12(17)15(13)18-14(20)10-19-8-6-11(7-9-19)16(21)22/h3-5,11H,2,6-10H2,1H3,(H,21,22). The van der Waals surface area contributed by atoms with Crippen LogP contribution in [0.1, 0.15) is 25.6 Å². The lowest BCUT2D eigenvalue weighted by Crippen LogP contribution is -2.36. The van der Waals surface area contributed by atoms with Crippen LogP contribution in [0, 0.1) is 11.7 Å². The van der Waals surface area contributed by atoms with Gasteiger partial charge in [0.25, 0.3) is 0 Å². The number of benzene rings is 1. The molecule has 1 N–H and O–H groups in total. The normalized spacial score (nSPS) is 17.2. The SMILES string of the molecule is CCn1c(CN2CCC(C(=O)O)CC2)nc2c(F)cccc21. The Morgan fingerprint density at radius 1 is 1.41 bits per heavy atom. The first kappa shape index (κ1) is 15.0. The Labute approximate surface area is 128 Å². The number of likely N-dealkylation sites (tertiary alicyclic amines) is 1. The van der Waals surface area contributed by atoms with E-state index in [1.54, 1.807) is 6.07 Å². The molecule has 2 aromatic rings. The quantitative estimate of drug-likeness (QED) is 0.943. The van der Waals surface area contributed by atoms with Gasteiger partial charge in [-0.25, -0.2) is 9.37 Å². The van der Waals surface area contributed by atoms with Crippen molar-refractivity contribution in [2.45, 2.75) is 32.9 Å². The third-order valence-electron chi connectivity index (χ3n) is 4.43. The molecule has 118 valence electrons. The number of hydrogen-bond donors (Lipinski definition) is 1. The minimum Gasteiger partial charge on any atom is -0.481 e. The minimum absolute atomic E-state index is 0.237. The van der Waals surface area contributed by atoms with Crippen molar-refractivity contribution in [1.82, 2.24) is 14.5 Å². The molecular formula is C16H20FN3O2. The van der Waals surface area contributed by atoms with Crippen molar-refractivity contribution in [3.8, 4) is 0 Å².